The SMILES string of the molecule is C/C(=N/Nc1cc(C(=O)O)ccc1Cl)c1nc2ccccc2s1. The number of nitrogens with one attached hydrogen (secondary N) is 1. The molecular formula is C16H12ClN3O2S. The van der Waals surface area contributed by atoms with Crippen LogP contribution in [0.25, 0.3) is 10.2 Å². The minimum atomic E-state index is -1.02. The van der Waals surface area contributed by atoms with E-state index in [4.69, 9.17) is 16.7 Å². The number of rotatable bonds is 4. The van der Waals surface area contributed by atoms with E-state index >= 15 is 0 Å². The summed E-state index contributed by atoms with van der Waals surface area (Å²) < 4.78 is 1.09. The van der Waals surface area contributed by atoms with Crippen molar-refractivity contribution in [3.8, 4) is 0 Å². The summed E-state index contributed by atoms with van der Waals surface area (Å²) in [4.78, 5) is 15.5. The number of carboxylic acids is 1. The maximum Gasteiger partial charge on any atom is 0.335 e. The number of carboxylic acid groups (broad SMARTS) is 1. The Morgan fingerprint density at radius 1 is 1.30 bits per heavy atom. The molecule has 2 aromatic carbocycles. The second kappa shape index (κ2) is 6.36. The van der Waals surface area contributed by atoms with Crippen molar-refractivity contribution in [1.82, 2.24) is 4.98 Å². The van der Waals surface area contributed by atoms with E-state index in [1.54, 1.807) is 11.3 Å². The number of hydrogen-bond donors (Lipinski definition) is 2. The van der Waals surface area contributed by atoms with Crippen molar-refractivity contribution in [2.75, 3.05) is 5.43 Å². The van der Waals surface area contributed by atoms with Crippen LogP contribution in [0.1, 0.15) is 22.3 Å². The third-order valence-electron chi connectivity index (χ3n) is 3.16. The summed E-state index contributed by atoms with van der Waals surface area (Å²) in [6.45, 7) is 1.83. The average molecular weight is 346 g/mol. The minimum absolute atomic E-state index is 0.143. The molecule has 3 aromatic rings. The molecule has 0 atom stereocenters. The second-order valence-corrected chi connectivity index (χ2v) is 6.23. The highest BCUT2D eigenvalue weighted by Gasteiger charge is 2.09. The molecule has 2 N–H and O–H groups in total. The number of fused-ring (bicyclic) bond motifs is 1. The van der Waals surface area contributed by atoms with Gasteiger partial charge in [0, 0.05) is 0 Å². The molecule has 1 heterocycles. The van der Waals surface area contributed by atoms with Crippen LogP contribution in [0.2, 0.25) is 5.02 Å². The van der Waals surface area contributed by atoms with Crippen molar-refractivity contribution in [3.05, 3.63) is 58.1 Å². The zero-order chi connectivity index (χ0) is 16.4. The van der Waals surface area contributed by atoms with Crippen molar-refractivity contribution in [2.45, 2.75) is 6.92 Å². The van der Waals surface area contributed by atoms with Crippen LogP contribution >= 0.6 is 22.9 Å². The number of para-hydroxylation sites is 1. The number of carbonyl (C=O) groups is 1. The maximum absolute atomic E-state index is 11.0. The Hall–Kier alpha value is -2.44. The van der Waals surface area contributed by atoms with Crippen molar-refractivity contribution >= 4 is 50.5 Å². The quantitative estimate of drug-likeness (QED) is 0.540. The number of hydrogen-bond acceptors (Lipinski definition) is 5. The lowest BCUT2D eigenvalue weighted by Gasteiger charge is -2.05. The predicted octanol–water partition coefficient (Wildman–Crippen LogP) is 4.48. The zero-order valence-electron chi connectivity index (χ0n) is 12.1. The van der Waals surface area contributed by atoms with Crippen molar-refractivity contribution < 1.29 is 9.90 Å². The molecule has 0 saturated carbocycles. The molecular weight excluding hydrogens is 334 g/mol. The molecule has 7 heteroatoms. The van der Waals surface area contributed by atoms with Crippen molar-refractivity contribution in [2.24, 2.45) is 5.10 Å². The van der Waals surface area contributed by atoms with Crippen LogP contribution in [0.4, 0.5) is 5.69 Å². The van der Waals surface area contributed by atoms with Gasteiger partial charge in [0.05, 0.1) is 32.2 Å². The predicted molar refractivity (Wildman–Crippen MR) is 93.9 cm³/mol. The number of aromatic carboxylic acids is 1. The highest BCUT2D eigenvalue weighted by atomic mass is 35.5. The molecule has 0 bridgehead atoms. The maximum atomic E-state index is 11.0. The van der Waals surface area contributed by atoms with Gasteiger partial charge in [-0.1, -0.05) is 23.7 Å². The number of hydrazone groups is 1. The highest BCUT2D eigenvalue weighted by Crippen LogP contribution is 2.25. The van der Waals surface area contributed by atoms with Gasteiger partial charge in [0.15, 0.2) is 0 Å². The van der Waals surface area contributed by atoms with Gasteiger partial charge in [-0.05, 0) is 37.3 Å². The summed E-state index contributed by atoms with van der Waals surface area (Å²) in [5.74, 6) is -1.02. The number of aromatic nitrogens is 1. The van der Waals surface area contributed by atoms with E-state index in [0.29, 0.717) is 16.4 Å². The number of nitrogens with zero attached hydrogens (tertiary/aromatic N) is 2. The number of anilines is 1. The van der Waals surface area contributed by atoms with Crippen LogP contribution in [0.3, 0.4) is 0 Å². The molecule has 0 radical (unpaired) electrons. The molecule has 3 rings (SSSR count). The first kappa shape index (κ1) is 15.5. The summed E-state index contributed by atoms with van der Waals surface area (Å²) >= 11 is 7.60. The van der Waals surface area contributed by atoms with Gasteiger partial charge in [-0.25, -0.2) is 9.78 Å². The fraction of sp³-hybridized carbons (Fsp3) is 0.0625. The Morgan fingerprint density at radius 2 is 2.09 bits per heavy atom. The molecule has 0 amide bonds. The van der Waals surface area contributed by atoms with E-state index in [-0.39, 0.29) is 5.56 Å². The molecule has 23 heavy (non-hydrogen) atoms. The van der Waals surface area contributed by atoms with Crippen LogP contribution in [0.5, 0.6) is 0 Å². The lowest BCUT2D eigenvalue weighted by Crippen LogP contribution is -2.01. The monoisotopic (exact) mass is 345 g/mol. The third kappa shape index (κ3) is 3.33. The van der Waals surface area contributed by atoms with E-state index in [2.05, 4.69) is 15.5 Å². The third-order valence-corrected chi connectivity index (χ3v) is 4.64. The van der Waals surface area contributed by atoms with Crippen LogP contribution in [-0.2, 0) is 0 Å². The van der Waals surface area contributed by atoms with Gasteiger partial charge in [-0.3, -0.25) is 5.43 Å². The first-order valence-corrected chi connectivity index (χ1v) is 7.93. The molecule has 0 aliphatic heterocycles. The molecule has 0 aliphatic carbocycles. The smallest absolute Gasteiger partial charge is 0.335 e. The Balaban J connectivity index is 1.87. The van der Waals surface area contributed by atoms with Gasteiger partial charge in [0.1, 0.15) is 5.01 Å². The molecule has 0 unspecified atom stereocenters. The topological polar surface area (TPSA) is 74.6 Å². The van der Waals surface area contributed by atoms with Crippen LogP contribution < -0.4 is 5.43 Å². The van der Waals surface area contributed by atoms with Crippen LogP contribution in [0.15, 0.2) is 47.6 Å². The largest absolute Gasteiger partial charge is 0.478 e. The van der Waals surface area contributed by atoms with Crippen LogP contribution in [0, 0.1) is 0 Å². The molecule has 1 aromatic heterocycles. The van der Waals surface area contributed by atoms with Crippen LogP contribution in [-0.4, -0.2) is 21.8 Å². The summed E-state index contributed by atoms with van der Waals surface area (Å²) in [7, 11) is 0. The summed E-state index contributed by atoms with van der Waals surface area (Å²) in [6.07, 6.45) is 0. The highest BCUT2D eigenvalue weighted by molar-refractivity contribution is 7.20. The number of benzene rings is 2. The fourth-order valence-electron chi connectivity index (χ4n) is 1.96. The van der Waals surface area contributed by atoms with Crippen molar-refractivity contribution in [1.29, 1.82) is 0 Å². The van der Waals surface area contributed by atoms with Gasteiger partial charge in [-0.2, -0.15) is 5.10 Å². The zero-order valence-corrected chi connectivity index (χ0v) is 13.6. The van der Waals surface area contributed by atoms with Gasteiger partial charge in [-0.15, -0.1) is 11.3 Å². The van der Waals surface area contributed by atoms with Gasteiger partial charge in [0.2, 0.25) is 0 Å². The molecule has 0 saturated heterocycles. The number of halogens is 1. The Morgan fingerprint density at radius 3 is 2.83 bits per heavy atom. The van der Waals surface area contributed by atoms with E-state index in [0.717, 1.165) is 15.2 Å². The van der Waals surface area contributed by atoms with Gasteiger partial charge >= 0.3 is 5.97 Å². The van der Waals surface area contributed by atoms with E-state index in [1.807, 2.05) is 31.2 Å². The Kier molecular flexibility index (Phi) is 4.27. The number of thiazole rings is 1. The lowest BCUT2D eigenvalue weighted by molar-refractivity contribution is 0.0697. The Bertz CT molecular complexity index is 888. The first-order chi connectivity index (χ1) is 11.0. The van der Waals surface area contributed by atoms with E-state index in [1.165, 1.54) is 18.2 Å². The first-order valence-electron chi connectivity index (χ1n) is 6.73. The lowest BCUT2D eigenvalue weighted by atomic mass is 10.2. The van der Waals surface area contributed by atoms with Gasteiger partial charge in [0.25, 0.3) is 0 Å². The van der Waals surface area contributed by atoms with E-state index in [9.17, 15) is 4.79 Å². The molecule has 5 nitrogen and oxygen atoms in total. The molecule has 0 aliphatic rings. The average Bonchev–Trinajstić information content (AvgIpc) is 2.97. The van der Waals surface area contributed by atoms with Gasteiger partial charge < -0.3 is 5.11 Å². The second-order valence-electron chi connectivity index (χ2n) is 4.80. The summed E-state index contributed by atoms with van der Waals surface area (Å²) in [5, 5.41) is 14.5. The summed E-state index contributed by atoms with van der Waals surface area (Å²) in [5.41, 5.74) is 5.01. The molecule has 116 valence electrons. The summed E-state index contributed by atoms with van der Waals surface area (Å²) in [6, 6.07) is 12.3. The fourth-order valence-corrected chi connectivity index (χ4v) is 3.03. The standard InChI is InChI=1S/C16H12ClN3O2S/c1-9(15-18-12-4-2-3-5-14(12)23-15)19-20-13-8-10(16(21)22)6-7-11(13)17/h2-8,20H,1H3,(H,21,22)/b19-9-. The van der Waals surface area contributed by atoms with E-state index < -0.39 is 5.97 Å². The van der Waals surface area contributed by atoms with Crippen molar-refractivity contribution in [3.63, 3.8) is 0 Å². The molecule has 0 spiro atoms. The minimum Gasteiger partial charge on any atom is -0.478 e. The normalized spacial score (nSPS) is 11.7. The Labute approximate surface area is 141 Å². The molecule has 0 fully saturated rings.